The largest absolute Gasteiger partial charge is 0.467 e. The van der Waals surface area contributed by atoms with Crippen LogP contribution in [0.2, 0.25) is 0 Å². The van der Waals surface area contributed by atoms with E-state index in [1.54, 1.807) is 46.5 Å². The Hall–Kier alpha value is -2.18. The molecule has 3 aromatic heterocycles. The van der Waals surface area contributed by atoms with Crippen LogP contribution in [-0.4, -0.2) is 43.0 Å². The molecule has 1 aromatic carbocycles. The van der Waals surface area contributed by atoms with Crippen molar-refractivity contribution in [2.24, 2.45) is 5.92 Å². The molecule has 0 N–H and O–H groups in total. The summed E-state index contributed by atoms with van der Waals surface area (Å²) in [6.45, 7) is 0.930. The van der Waals surface area contributed by atoms with Crippen LogP contribution in [-0.2, 0) is 21.4 Å². The van der Waals surface area contributed by atoms with Crippen molar-refractivity contribution in [2.75, 3.05) is 24.2 Å². The van der Waals surface area contributed by atoms with E-state index in [9.17, 15) is 13.2 Å². The molecule has 7 nitrogen and oxygen atoms in total. The van der Waals surface area contributed by atoms with Gasteiger partial charge in [-0.25, -0.2) is 13.4 Å². The third-order valence-corrected chi connectivity index (χ3v) is 10.9. The molecule has 5 rings (SSSR count). The van der Waals surface area contributed by atoms with Gasteiger partial charge in [0, 0.05) is 23.9 Å². The molecule has 178 valence electrons. The minimum Gasteiger partial charge on any atom is -0.467 e. The maximum absolute atomic E-state index is 13.7. The third kappa shape index (κ3) is 4.67. The van der Waals surface area contributed by atoms with Gasteiger partial charge in [0.05, 0.1) is 23.0 Å². The summed E-state index contributed by atoms with van der Waals surface area (Å²) in [6, 6.07) is 13.1. The molecule has 1 saturated heterocycles. The minimum absolute atomic E-state index is 0.0475. The van der Waals surface area contributed by atoms with Crippen molar-refractivity contribution in [3.05, 3.63) is 59.9 Å². The van der Waals surface area contributed by atoms with Gasteiger partial charge in [-0.3, -0.25) is 9.69 Å². The predicted octanol–water partition coefficient (Wildman–Crippen LogP) is 5.31. The van der Waals surface area contributed by atoms with Gasteiger partial charge in [0.1, 0.15) is 9.97 Å². The van der Waals surface area contributed by atoms with Gasteiger partial charge in [-0.15, -0.1) is 23.1 Å². The number of anilines is 1. The molecule has 0 aliphatic carbocycles. The number of furan rings is 1. The van der Waals surface area contributed by atoms with Crippen molar-refractivity contribution in [2.45, 2.75) is 28.5 Å². The summed E-state index contributed by atoms with van der Waals surface area (Å²) in [6.07, 6.45) is 4.56. The Kier molecular flexibility index (Phi) is 6.81. The number of carbonyl (C=O) groups is 1. The number of benzene rings is 1. The fourth-order valence-electron chi connectivity index (χ4n) is 4.03. The van der Waals surface area contributed by atoms with Crippen molar-refractivity contribution in [3.63, 3.8) is 0 Å². The van der Waals surface area contributed by atoms with Gasteiger partial charge in [-0.05, 0) is 60.9 Å². The molecule has 4 aromatic rings. The van der Waals surface area contributed by atoms with E-state index in [4.69, 9.17) is 9.40 Å². The van der Waals surface area contributed by atoms with E-state index in [0.29, 0.717) is 41.0 Å². The topological polar surface area (TPSA) is 83.7 Å². The van der Waals surface area contributed by atoms with E-state index in [0.717, 1.165) is 15.1 Å². The number of sulfonamides is 1. The summed E-state index contributed by atoms with van der Waals surface area (Å²) < 4.78 is 34.1. The zero-order valence-electron chi connectivity index (χ0n) is 18.4. The van der Waals surface area contributed by atoms with Gasteiger partial charge in [0.15, 0.2) is 5.13 Å². The second kappa shape index (κ2) is 9.82. The molecule has 0 saturated carbocycles. The summed E-state index contributed by atoms with van der Waals surface area (Å²) >= 11 is 4.37. The number of fused-ring (bicyclic) bond motifs is 1. The lowest BCUT2D eigenvalue weighted by atomic mass is 9.96. The molecule has 0 spiro atoms. The molecular weight excluding hydrogens is 511 g/mol. The van der Waals surface area contributed by atoms with Crippen molar-refractivity contribution in [3.8, 4) is 0 Å². The molecule has 0 unspecified atom stereocenters. The number of nitrogens with zero attached hydrogens (tertiary/aromatic N) is 3. The number of hydrogen-bond donors (Lipinski definition) is 0. The molecule has 1 amide bonds. The molecule has 1 aliphatic heterocycles. The number of thiophene rings is 1. The Balaban J connectivity index is 1.37. The molecule has 0 bridgehead atoms. The van der Waals surface area contributed by atoms with Crippen LogP contribution in [0.1, 0.15) is 18.6 Å². The molecule has 1 fully saturated rings. The Morgan fingerprint density at radius 3 is 2.74 bits per heavy atom. The summed E-state index contributed by atoms with van der Waals surface area (Å²) in [5, 5.41) is 2.39. The van der Waals surface area contributed by atoms with Gasteiger partial charge in [0.2, 0.25) is 5.91 Å². The van der Waals surface area contributed by atoms with E-state index in [-0.39, 0.29) is 18.4 Å². The second-order valence-corrected chi connectivity index (χ2v) is 12.9. The minimum atomic E-state index is -3.51. The first kappa shape index (κ1) is 23.6. The number of thiazole rings is 1. The number of hydrogen-bond acceptors (Lipinski definition) is 8. The molecule has 11 heteroatoms. The van der Waals surface area contributed by atoms with Gasteiger partial charge in [-0.1, -0.05) is 17.4 Å². The van der Waals surface area contributed by atoms with Crippen LogP contribution in [0, 0.1) is 5.92 Å². The maximum atomic E-state index is 13.7. The van der Waals surface area contributed by atoms with E-state index in [1.165, 1.54) is 27.0 Å². The number of carbonyl (C=O) groups excluding carboxylic acids is 1. The molecular formula is C23H23N3O4S4. The van der Waals surface area contributed by atoms with E-state index >= 15 is 0 Å². The van der Waals surface area contributed by atoms with Gasteiger partial charge >= 0.3 is 0 Å². The molecule has 0 radical (unpaired) electrons. The lowest BCUT2D eigenvalue weighted by molar-refractivity contribution is -0.123. The summed E-state index contributed by atoms with van der Waals surface area (Å²) in [5.74, 6) is 0.349. The maximum Gasteiger partial charge on any atom is 0.252 e. The van der Waals surface area contributed by atoms with Crippen molar-refractivity contribution in [1.82, 2.24) is 9.29 Å². The number of amides is 1. The van der Waals surface area contributed by atoms with Crippen LogP contribution in [0.15, 0.2) is 67.6 Å². The highest BCUT2D eigenvalue weighted by atomic mass is 32.2. The average Bonchev–Trinajstić information content (AvgIpc) is 3.63. The SMILES string of the molecule is CSc1ccc2nc(N(Cc3ccco3)C(=O)C3CCN(S(=O)(=O)c4cccs4)CC3)sc2c1. The van der Waals surface area contributed by atoms with Crippen LogP contribution in [0.4, 0.5) is 5.13 Å². The molecule has 1 aliphatic rings. The first-order valence-corrected chi connectivity index (χ1v) is 15.1. The lowest BCUT2D eigenvalue weighted by Crippen LogP contribution is -2.44. The quantitative estimate of drug-likeness (QED) is 0.300. The predicted molar refractivity (Wildman–Crippen MR) is 137 cm³/mol. The first-order valence-electron chi connectivity index (χ1n) is 10.8. The number of aromatic nitrogens is 1. The number of thioether (sulfide) groups is 1. The molecule has 4 heterocycles. The van der Waals surface area contributed by atoms with Gasteiger partial charge in [0.25, 0.3) is 10.0 Å². The fraction of sp³-hybridized carbons (Fsp3) is 0.304. The Labute approximate surface area is 210 Å². The Morgan fingerprint density at radius 1 is 1.24 bits per heavy atom. The third-order valence-electron chi connectivity index (χ3n) is 5.87. The highest BCUT2D eigenvalue weighted by Crippen LogP contribution is 2.35. The van der Waals surface area contributed by atoms with Gasteiger partial charge in [-0.2, -0.15) is 4.31 Å². The van der Waals surface area contributed by atoms with E-state index < -0.39 is 10.0 Å². The van der Waals surface area contributed by atoms with Gasteiger partial charge < -0.3 is 4.42 Å². The highest BCUT2D eigenvalue weighted by molar-refractivity contribution is 7.98. The normalized spacial score (nSPS) is 15.7. The highest BCUT2D eigenvalue weighted by Gasteiger charge is 2.35. The zero-order chi connectivity index (χ0) is 23.7. The molecule has 0 atom stereocenters. The van der Waals surface area contributed by atoms with Crippen molar-refractivity contribution < 1.29 is 17.6 Å². The van der Waals surface area contributed by atoms with Crippen molar-refractivity contribution >= 4 is 65.7 Å². The standard InChI is InChI=1S/C23H23N3O4S4/c1-31-18-6-7-19-20(14-18)33-23(24-19)26(15-17-4-2-12-30-17)22(27)16-8-10-25(11-9-16)34(28,29)21-5-3-13-32-21/h2-7,12-14,16H,8-11,15H2,1H3. The summed E-state index contributed by atoms with van der Waals surface area (Å²) in [5.41, 5.74) is 0.854. The van der Waals surface area contributed by atoms with E-state index in [2.05, 4.69) is 6.07 Å². The van der Waals surface area contributed by atoms with E-state index in [1.807, 2.05) is 24.5 Å². The fourth-order valence-corrected chi connectivity index (χ4v) is 8.17. The van der Waals surface area contributed by atoms with Crippen LogP contribution < -0.4 is 4.90 Å². The molecule has 34 heavy (non-hydrogen) atoms. The summed E-state index contributed by atoms with van der Waals surface area (Å²) in [7, 11) is -3.51. The average molecular weight is 534 g/mol. The van der Waals surface area contributed by atoms with Crippen molar-refractivity contribution in [1.29, 1.82) is 0 Å². The number of rotatable bonds is 7. The summed E-state index contributed by atoms with van der Waals surface area (Å²) in [4.78, 5) is 21.3. The van der Waals surface area contributed by atoms with Crippen LogP contribution >= 0.6 is 34.4 Å². The van der Waals surface area contributed by atoms with Crippen LogP contribution in [0.3, 0.4) is 0 Å². The number of piperidine rings is 1. The van der Waals surface area contributed by atoms with Crippen LogP contribution in [0.5, 0.6) is 0 Å². The smallest absolute Gasteiger partial charge is 0.252 e. The lowest BCUT2D eigenvalue weighted by Gasteiger charge is -2.32. The Morgan fingerprint density at radius 2 is 2.06 bits per heavy atom. The monoisotopic (exact) mass is 533 g/mol. The van der Waals surface area contributed by atoms with Crippen LogP contribution in [0.25, 0.3) is 10.2 Å². The zero-order valence-corrected chi connectivity index (χ0v) is 21.7. The first-order chi connectivity index (χ1) is 16.5. The second-order valence-electron chi connectivity index (χ2n) is 7.94. The Bertz CT molecular complexity index is 1370.